The standard InChI is InChI=1S/C32H36N2O2/c1-23-19-31(3,21-27(33(23)5)17-29(35)25-13-9-7-10-14-25)32(4)20-24(2)34(6)28(22-32)18-30(36)26-15-11-8-12-16-26/h7-20H,21-22H2,1-6H3/b27-17+,28-18+. The molecule has 0 N–H and O–H groups in total. The van der Waals surface area contributed by atoms with Crippen molar-refractivity contribution < 1.29 is 9.59 Å². The third-order valence-electron chi connectivity index (χ3n) is 8.09. The Kier molecular flexibility index (Phi) is 6.90. The van der Waals surface area contributed by atoms with Crippen molar-refractivity contribution in [1.82, 2.24) is 9.80 Å². The molecule has 2 aromatic rings. The first-order chi connectivity index (χ1) is 17.0. The van der Waals surface area contributed by atoms with E-state index in [9.17, 15) is 9.59 Å². The minimum Gasteiger partial charge on any atom is -0.352 e. The molecule has 0 saturated carbocycles. The van der Waals surface area contributed by atoms with Gasteiger partial charge < -0.3 is 9.80 Å². The van der Waals surface area contributed by atoms with Gasteiger partial charge in [0.1, 0.15) is 0 Å². The van der Waals surface area contributed by atoms with Gasteiger partial charge in [0.05, 0.1) is 0 Å². The molecule has 0 bridgehead atoms. The molecule has 2 aliphatic heterocycles. The number of hydrogen-bond donors (Lipinski definition) is 0. The van der Waals surface area contributed by atoms with Crippen LogP contribution in [0.3, 0.4) is 0 Å². The second kappa shape index (κ2) is 9.77. The first kappa shape index (κ1) is 25.4. The number of carbonyl (C=O) groups is 2. The van der Waals surface area contributed by atoms with Crippen LogP contribution in [0.15, 0.2) is 108 Å². The number of rotatable bonds is 5. The molecule has 0 spiro atoms. The molecule has 0 saturated heterocycles. The van der Waals surface area contributed by atoms with E-state index in [4.69, 9.17) is 0 Å². The largest absolute Gasteiger partial charge is 0.352 e. The van der Waals surface area contributed by atoms with Gasteiger partial charge in [-0.25, -0.2) is 0 Å². The predicted molar refractivity (Wildman–Crippen MR) is 146 cm³/mol. The van der Waals surface area contributed by atoms with Crippen LogP contribution in [0.5, 0.6) is 0 Å². The van der Waals surface area contributed by atoms with Crippen molar-refractivity contribution in [2.45, 2.75) is 40.5 Å². The molecule has 2 unspecified atom stereocenters. The monoisotopic (exact) mass is 480 g/mol. The summed E-state index contributed by atoms with van der Waals surface area (Å²) in [5.41, 5.74) is 5.14. The van der Waals surface area contributed by atoms with Crippen LogP contribution >= 0.6 is 0 Å². The van der Waals surface area contributed by atoms with Gasteiger partial charge in [0.15, 0.2) is 11.6 Å². The van der Waals surface area contributed by atoms with Gasteiger partial charge in [0.2, 0.25) is 0 Å². The van der Waals surface area contributed by atoms with Crippen LogP contribution in [-0.4, -0.2) is 35.5 Å². The molecule has 4 heteroatoms. The summed E-state index contributed by atoms with van der Waals surface area (Å²) in [5, 5.41) is 0. The lowest BCUT2D eigenvalue weighted by Gasteiger charge is -2.51. The lowest BCUT2D eigenvalue weighted by atomic mass is 9.58. The molecule has 0 radical (unpaired) electrons. The Balaban J connectivity index is 1.70. The molecule has 0 amide bonds. The van der Waals surface area contributed by atoms with E-state index in [0.717, 1.165) is 35.6 Å². The summed E-state index contributed by atoms with van der Waals surface area (Å²) >= 11 is 0. The van der Waals surface area contributed by atoms with E-state index in [0.29, 0.717) is 11.1 Å². The molecule has 0 aromatic heterocycles. The van der Waals surface area contributed by atoms with Crippen molar-refractivity contribution in [3.05, 3.63) is 119 Å². The second-order valence-electron chi connectivity index (χ2n) is 10.6. The molecule has 2 aromatic carbocycles. The highest BCUT2D eigenvalue weighted by Crippen LogP contribution is 2.55. The molecular weight excluding hydrogens is 444 g/mol. The highest BCUT2D eigenvalue weighted by molar-refractivity contribution is 6.05. The Morgan fingerprint density at radius 2 is 1.00 bits per heavy atom. The van der Waals surface area contributed by atoms with Gasteiger partial charge in [-0.2, -0.15) is 0 Å². The summed E-state index contributed by atoms with van der Waals surface area (Å²) in [4.78, 5) is 30.3. The van der Waals surface area contributed by atoms with Crippen molar-refractivity contribution in [3.63, 3.8) is 0 Å². The predicted octanol–water partition coefficient (Wildman–Crippen LogP) is 7.01. The zero-order valence-corrected chi connectivity index (χ0v) is 22.2. The summed E-state index contributed by atoms with van der Waals surface area (Å²) in [6.07, 6.45) is 9.70. The number of nitrogens with zero attached hydrogens (tertiary/aromatic N) is 2. The van der Waals surface area contributed by atoms with E-state index in [-0.39, 0.29) is 22.4 Å². The summed E-state index contributed by atoms with van der Waals surface area (Å²) < 4.78 is 0. The zero-order valence-electron chi connectivity index (χ0n) is 22.2. The normalized spacial score (nSPS) is 26.6. The Morgan fingerprint density at radius 1 is 0.667 bits per heavy atom. The Hall–Kier alpha value is -3.66. The maximum absolute atomic E-state index is 13.0. The number of carbonyl (C=O) groups excluding carboxylic acids is 2. The van der Waals surface area contributed by atoms with Crippen LogP contribution < -0.4 is 0 Å². The summed E-state index contributed by atoms with van der Waals surface area (Å²) in [5.74, 6) is 0.0348. The number of allylic oxidation sites excluding steroid dienone is 8. The summed E-state index contributed by atoms with van der Waals surface area (Å²) in [7, 11) is 4.05. The van der Waals surface area contributed by atoms with E-state index in [2.05, 4.69) is 49.6 Å². The molecule has 4 rings (SSSR count). The van der Waals surface area contributed by atoms with Crippen LogP contribution in [-0.2, 0) is 0 Å². The third kappa shape index (κ3) is 4.86. The topological polar surface area (TPSA) is 40.6 Å². The Bertz CT molecular complexity index is 1180. The van der Waals surface area contributed by atoms with Gasteiger partial charge in [-0.05, 0) is 26.7 Å². The Labute approximate surface area is 215 Å². The fraction of sp³-hybridized carbons (Fsp3) is 0.312. The highest BCUT2D eigenvalue weighted by atomic mass is 16.1. The van der Waals surface area contributed by atoms with Crippen LogP contribution in [0.25, 0.3) is 0 Å². The quantitative estimate of drug-likeness (QED) is 0.341. The van der Waals surface area contributed by atoms with Gasteiger partial charge in [0.25, 0.3) is 0 Å². The van der Waals surface area contributed by atoms with Gasteiger partial charge in [-0.15, -0.1) is 0 Å². The van der Waals surface area contributed by atoms with E-state index < -0.39 is 0 Å². The highest BCUT2D eigenvalue weighted by Gasteiger charge is 2.47. The van der Waals surface area contributed by atoms with Crippen molar-refractivity contribution >= 4 is 11.6 Å². The first-order valence-corrected chi connectivity index (χ1v) is 12.5. The van der Waals surface area contributed by atoms with E-state index in [1.165, 1.54) is 0 Å². The molecule has 36 heavy (non-hydrogen) atoms. The molecule has 0 fully saturated rings. The van der Waals surface area contributed by atoms with Gasteiger partial charge >= 0.3 is 0 Å². The second-order valence-corrected chi connectivity index (χ2v) is 10.6. The average molecular weight is 481 g/mol. The molecule has 0 aliphatic carbocycles. The van der Waals surface area contributed by atoms with E-state index in [1.807, 2.05) is 74.8 Å². The minimum atomic E-state index is -0.246. The number of hydrogen-bond acceptors (Lipinski definition) is 4. The van der Waals surface area contributed by atoms with Crippen LogP contribution in [0, 0.1) is 10.8 Å². The SMILES string of the molecule is CC1=CC(C)(C2(C)C=C(C)N(C)/C(=C/C(=O)c3ccccc3)C2)C/C(=C\C(=O)c2ccccc2)N1C. The van der Waals surface area contributed by atoms with Crippen LogP contribution in [0.1, 0.15) is 61.3 Å². The summed E-state index contributed by atoms with van der Waals surface area (Å²) in [6, 6.07) is 18.8. The van der Waals surface area contributed by atoms with Crippen molar-refractivity contribution in [3.8, 4) is 0 Å². The van der Waals surface area contributed by atoms with Crippen LogP contribution in [0.4, 0.5) is 0 Å². The maximum atomic E-state index is 13.0. The van der Waals surface area contributed by atoms with Gasteiger partial charge in [-0.1, -0.05) is 86.7 Å². The average Bonchev–Trinajstić information content (AvgIpc) is 2.86. The fourth-order valence-corrected chi connectivity index (χ4v) is 5.36. The van der Waals surface area contributed by atoms with Crippen molar-refractivity contribution in [1.29, 1.82) is 0 Å². The van der Waals surface area contributed by atoms with Gasteiger partial charge in [0, 0.05) is 71.0 Å². The van der Waals surface area contributed by atoms with Crippen molar-refractivity contribution in [2.24, 2.45) is 10.8 Å². The molecular formula is C32H36N2O2. The third-order valence-corrected chi connectivity index (χ3v) is 8.09. The summed E-state index contributed by atoms with van der Waals surface area (Å²) in [6.45, 7) is 8.75. The van der Waals surface area contributed by atoms with Crippen molar-refractivity contribution in [2.75, 3.05) is 14.1 Å². The lowest BCUT2D eigenvalue weighted by Crippen LogP contribution is -2.44. The van der Waals surface area contributed by atoms with E-state index in [1.54, 1.807) is 12.2 Å². The maximum Gasteiger partial charge on any atom is 0.187 e. The van der Waals surface area contributed by atoms with E-state index >= 15 is 0 Å². The molecule has 4 nitrogen and oxygen atoms in total. The smallest absolute Gasteiger partial charge is 0.187 e. The zero-order chi connectivity index (χ0) is 26.1. The molecule has 2 aliphatic rings. The minimum absolute atomic E-state index is 0.0174. The van der Waals surface area contributed by atoms with Gasteiger partial charge in [-0.3, -0.25) is 9.59 Å². The number of ketones is 2. The first-order valence-electron chi connectivity index (χ1n) is 12.5. The molecule has 186 valence electrons. The number of benzene rings is 2. The lowest BCUT2D eigenvalue weighted by molar-refractivity contribution is 0.102. The fourth-order valence-electron chi connectivity index (χ4n) is 5.36. The molecule has 2 heterocycles. The Morgan fingerprint density at radius 3 is 1.33 bits per heavy atom. The van der Waals surface area contributed by atoms with Crippen LogP contribution in [0.2, 0.25) is 0 Å². The molecule has 2 atom stereocenters.